The number of aromatic amines is 1. The second-order valence-electron chi connectivity index (χ2n) is 5.41. The van der Waals surface area contributed by atoms with Crippen molar-refractivity contribution in [2.45, 2.75) is 32.7 Å². The van der Waals surface area contributed by atoms with Crippen LogP contribution in [0, 0.1) is 5.92 Å². The molecule has 0 aromatic carbocycles. The van der Waals surface area contributed by atoms with Crippen LogP contribution in [0.4, 0.5) is 0 Å². The van der Waals surface area contributed by atoms with Crippen LogP contribution in [0.15, 0.2) is 18.3 Å². The van der Waals surface area contributed by atoms with Gasteiger partial charge in [0.15, 0.2) is 0 Å². The molecule has 1 unspecified atom stereocenters. The summed E-state index contributed by atoms with van der Waals surface area (Å²) in [7, 11) is 0. The lowest BCUT2D eigenvalue weighted by molar-refractivity contribution is 0.0667. The Morgan fingerprint density at radius 1 is 1.61 bits per heavy atom. The van der Waals surface area contributed by atoms with Gasteiger partial charge in [-0.25, -0.2) is 0 Å². The van der Waals surface area contributed by atoms with Crippen LogP contribution in [0.1, 0.15) is 37.2 Å². The normalized spacial score (nSPS) is 20.4. The molecule has 4 heteroatoms. The molecule has 0 saturated carbocycles. The third-order valence-electron chi connectivity index (χ3n) is 3.45. The summed E-state index contributed by atoms with van der Waals surface area (Å²) in [6, 6.07) is 4.23. The number of aromatic nitrogens is 1. The van der Waals surface area contributed by atoms with Crippen LogP contribution >= 0.6 is 0 Å². The first kappa shape index (κ1) is 13.1. The van der Waals surface area contributed by atoms with Crippen LogP contribution in [0.3, 0.4) is 0 Å². The van der Waals surface area contributed by atoms with Gasteiger partial charge in [-0.3, -0.25) is 4.79 Å². The summed E-state index contributed by atoms with van der Waals surface area (Å²) in [6.45, 7) is 7.08. The number of nitrogens with zero attached hydrogens (tertiary/aromatic N) is 1. The smallest absolute Gasteiger partial charge is 0.270 e. The Kier molecular flexibility index (Phi) is 4.42. The fourth-order valence-electron chi connectivity index (χ4n) is 2.45. The third kappa shape index (κ3) is 3.35. The van der Waals surface area contributed by atoms with Gasteiger partial charge in [0.1, 0.15) is 5.69 Å². The van der Waals surface area contributed by atoms with E-state index in [0.717, 1.165) is 26.1 Å². The highest BCUT2D eigenvalue weighted by Crippen LogP contribution is 2.17. The molecule has 1 atom stereocenters. The first-order valence-corrected chi connectivity index (χ1v) is 6.83. The number of carbonyl (C=O) groups is 1. The van der Waals surface area contributed by atoms with E-state index in [1.165, 1.54) is 6.42 Å². The van der Waals surface area contributed by atoms with Crippen LogP contribution in [0.25, 0.3) is 0 Å². The van der Waals surface area contributed by atoms with Crippen molar-refractivity contribution in [3.05, 3.63) is 24.0 Å². The van der Waals surface area contributed by atoms with E-state index in [4.69, 9.17) is 0 Å². The molecular formula is C14H23N3O. The largest absolute Gasteiger partial charge is 0.357 e. The number of hydrogen-bond donors (Lipinski definition) is 2. The molecule has 0 radical (unpaired) electrons. The molecule has 1 aromatic rings. The Balaban J connectivity index is 1.88. The highest BCUT2D eigenvalue weighted by Gasteiger charge is 2.24. The molecule has 0 aliphatic carbocycles. The molecular weight excluding hydrogens is 226 g/mol. The quantitative estimate of drug-likeness (QED) is 0.855. The SMILES string of the molecule is CC(C)NCC1CCCN(C(=O)c2ccc[nH]2)C1. The van der Waals surface area contributed by atoms with E-state index in [2.05, 4.69) is 24.1 Å². The summed E-state index contributed by atoms with van der Waals surface area (Å²) < 4.78 is 0. The van der Waals surface area contributed by atoms with E-state index in [9.17, 15) is 4.79 Å². The van der Waals surface area contributed by atoms with Crippen molar-refractivity contribution in [3.8, 4) is 0 Å². The van der Waals surface area contributed by atoms with Crippen molar-refractivity contribution >= 4 is 5.91 Å². The van der Waals surface area contributed by atoms with Gasteiger partial charge in [0, 0.05) is 25.3 Å². The molecule has 1 amide bonds. The highest BCUT2D eigenvalue weighted by atomic mass is 16.2. The Bertz CT molecular complexity index is 372. The van der Waals surface area contributed by atoms with Gasteiger partial charge in [0.05, 0.1) is 0 Å². The molecule has 1 fully saturated rings. The van der Waals surface area contributed by atoms with Crippen LogP contribution < -0.4 is 5.32 Å². The Labute approximate surface area is 109 Å². The van der Waals surface area contributed by atoms with Crippen LogP contribution in [0.5, 0.6) is 0 Å². The zero-order chi connectivity index (χ0) is 13.0. The van der Waals surface area contributed by atoms with E-state index < -0.39 is 0 Å². The maximum Gasteiger partial charge on any atom is 0.270 e. The lowest BCUT2D eigenvalue weighted by Crippen LogP contribution is -2.43. The summed E-state index contributed by atoms with van der Waals surface area (Å²) in [6.07, 6.45) is 4.13. The summed E-state index contributed by atoms with van der Waals surface area (Å²) in [5, 5.41) is 3.46. The fraction of sp³-hybridized carbons (Fsp3) is 0.643. The Morgan fingerprint density at radius 2 is 2.44 bits per heavy atom. The van der Waals surface area contributed by atoms with Crippen LogP contribution in [-0.4, -0.2) is 41.5 Å². The number of carbonyl (C=O) groups excluding carboxylic acids is 1. The van der Waals surface area contributed by atoms with Crippen molar-refractivity contribution in [1.29, 1.82) is 0 Å². The molecule has 2 heterocycles. The van der Waals surface area contributed by atoms with E-state index in [0.29, 0.717) is 17.7 Å². The number of piperidine rings is 1. The Morgan fingerprint density at radius 3 is 3.11 bits per heavy atom. The van der Waals surface area contributed by atoms with Gasteiger partial charge in [-0.2, -0.15) is 0 Å². The second-order valence-corrected chi connectivity index (χ2v) is 5.41. The molecule has 0 bridgehead atoms. The molecule has 4 nitrogen and oxygen atoms in total. The van der Waals surface area contributed by atoms with Gasteiger partial charge >= 0.3 is 0 Å². The lowest BCUT2D eigenvalue weighted by atomic mass is 9.97. The van der Waals surface area contributed by atoms with E-state index >= 15 is 0 Å². The van der Waals surface area contributed by atoms with Crippen molar-refractivity contribution in [2.75, 3.05) is 19.6 Å². The van der Waals surface area contributed by atoms with Gasteiger partial charge in [0.2, 0.25) is 0 Å². The maximum absolute atomic E-state index is 12.2. The summed E-state index contributed by atoms with van der Waals surface area (Å²) in [5.41, 5.74) is 0.701. The van der Waals surface area contributed by atoms with Gasteiger partial charge in [0.25, 0.3) is 5.91 Å². The molecule has 100 valence electrons. The van der Waals surface area contributed by atoms with E-state index in [1.807, 2.05) is 17.0 Å². The zero-order valence-electron chi connectivity index (χ0n) is 11.3. The van der Waals surface area contributed by atoms with Gasteiger partial charge in [-0.1, -0.05) is 13.8 Å². The number of rotatable bonds is 4. The summed E-state index contributed by atoms with van der Waals surface area (Å²) >= 11 is 0. The number of likely N-dealkylation sites (tertiary alicyclic amines) is 1. The molecule has 2 N–H and O–H groups in total. The molecule has 1 aromatic heterocycles. The molecule has 1 aliphatic rings. The van der Waals surface area contributed by atoms with Crippen LogP contribution in [-0.2, 0) is 0 Å². The topological polar surface area (TPSA) is 48.1 Å². The summed E-state index contributed by atoms with van der Waals surface area (Å²) in [5.74, 6) is 0.717. The Hall–Kier alpha value is -1.29. The predicted molar refractivity (Wildman–Crippen MR) is 72.6 cm³/mol. The monoisotopic (exact) mass is 249 g/mol. The number of amides is 1. The minimum absolute atomic E-state index is 0.134. The fourth-order valence-corrected chi connectivity index (χ4v) is 2.45. The first-order chi connectivity index (χ1) is 8.66. The molecule has 2 rings (SSSR count). The second kappa shape index (κ2) is 6.05. The summed E-state index contributed by atoms with van der Waals surface area (Å²) in [4.78, 5) is 17.2. The van der Waals surface area contributed by atoms with Gasteiger partial charge in [-0.05, 0) is 37.4 Å². The minimum atomic E-state index is 0.134. The minimum Gasteiger partial charge on any atom is -0.357 e. The van der Waals surface area contributed by atoms with E-state index in [1.54, 1.807) is 6.20 Å². The number of H-pyrrole nitrogens is 1. The van der Waals surface area contributed by atoms with Crippen LogP contribution in [0.2, 0.25) is 0 Å². The zero-order valence-corrected chi connectivity index (χ0v) is 11.3. The molecule has 1 aliphatic heterocycles. The van der Waals surface area contributed by atoms with Gasteiger partial charge in [-0.15, -0.1) is 0 Å². The third-order valence-corrected chi connectivity index (χ3v) is 3.45. The van der Waals surface area contributed by atoms with Crippen molar-refractivity contribution in [1.82, 2.24) is 15.2 Å². The average molecular weight is 249 g/mol. The van der Waals surface area contributed by atoms with Crippen molar-refractivity contribution < 1.29 is 4.79 Å². The molecule has 0 spiro atoms. The maximum atomic E-state index is 12.2. The molecule has 18 heavy (non-hydrogen) atoms. The average Bonchev–Trinajstić information content (AvgIpc) is 2.89. The predicted octanol–water partition coefficient (Wildman–Crippen LogP) is 1.86. The van der Waals surface area contributed by atoms with Crippen molar-refractivity contribution in [3.63, 3.8) is 0 Å². The standard InChI is InChI=1S/C14H23N3O/c1-11(2)16-9-12-5-4-8-17(10-12)14(18)13-6-3-7-15-13/h3,6-7,11-12,15-16H,4-5,8-10H2,1-2H3. The lowest BCUT2D eigenvalue weighted by Gasteiger charge is -2.33. The van der Waals surface area contributed by atoms with E-state index in [-0.39, 0.29) is 5.91 Å². The highest BCUT2D eigenvalue weighted by molar-refractivity contribution is 5.92. The van der Waals surface area contributed by atoms with Crippen molar-refractivity contribution in [2.24, 2.45) is 5.92 Å². The number of hydrogen-bond acceptors (Lipinski definition) is 2. The van der Waals surface area contributed by atoms with Gasteiger partial charge < -0.3 is 15.2 Å². The molecule has 1 saturated heterocycles. The number of nitrogens with one attached hydrogen (secondary N) is 2. The first-order valence-electron chi connectivity index (χ1n) is 6.83.